The fraction of sp³-hybridized carbons (Fsp3) is 0.364. The number of carbonyl (C=O) groups excluding carboxylic acids is 2. The molecule has 0 spiro atoms. The van der Waals surface area contributed by atoms with Crippen molar-refractivity contribution >= 4 is 29.1 Å². The largest absolute Gasteiger partial charge is 0.370 e. The maximum Gasteiger partial charge on any atom is 0.254 e. The molecule has 1 N–H and O–H groups in total. The van der Waals surface area contributed by atoms with Gasteiger partial charge in [-0.2, -0.15) is 0 Å². The summed E-state index contributed by atoms with van der Waals surface area (Å²) < 4.78 is 0. The average Bonchev–Trinajstić information content (AvgIpc) is 3.22. The van der Waals surface area contributed by atoms with E-state index < -0.39 is 0 Å². The summed E-state index contributed by atoms with van der Waals surface area (Å²) >= 11 is 6.47. The number of halogens is 1. The maximum absolute atomic E-state index is 13.0. The van der Waals surface area contributed by atoms with E-state index in [0.29, 0.717) is 23.6 Å². The van der Waals surface area contributed by atoms with Gasteiger partial charge in [-0.3, -0.25) is 9.59 Å². The predicted octanol–water partition coefficient (Wildman–Crippen LogP) is 3.12. The van der Waals surface area contributed by atoms with Crippen molar-refractivity contribution in [2.75, 3.05) is 31.1 Å². The Morgan fingerprint density at radius 3 is 2.57 bits per heavy atom. The third kappa shape index (κ3) is 4.14. The normalized spacial score (nSPS) is 19.6. The Balaban J connectivity index is 1.47. The molecule has 2 aromatic carbocycles. The van der Waals surface area contributed by atoms with Gasteiger partial charge in [0, 0.05) is 25.2 Å². The van der Waals surface area contributed by atoms with Crippen LogP contribution < -0.4 is 10.2 Å². The summed E-state index contributed by atoms with van der Waals surface area (Å²) in [5.74, 6) is -0.275. The Morgan fingerprint density at radius 2 is 1.86 bits per heavy atom. The van der Waals surface area contributed by atoms with Gasteiger partial charge in [0.2, 0.25) is 5.91 Å². The standard InChI is InChI=1S/C22H24ClN3O2/c23-19-13-17(8-9-20(19)25-10-4-5-11-25)22(28)26-14-18(24-21(27)15-26)12-16-6-2-1-3-7-16/h1-3,6-9,13,18H,4-5,10-12,14-15H2,(H,24,27)/t18-/m0/s1. The van der Waals surface area contributed by atoms with Crippen molar-refractivity contribution in [3.63, 3.8) is 0 Å². The van der Waals surface area contributed by atoms with E-state index in [2.05, 4.69) is 10.2 Å². The molecule has 2 aliphatic heterocycles. The number of hydrogen-bond acceptors (Lipinski definition) is 3. The van der Waals surface area contributed by atoms with Crippen molar-refractivity contribution in [3.05, 3.63) is 64.7 Å². The lowest BCUT2D eigenvalue weighted by Crippen LogP contribution is -2.56. The van der Waals surface area contributed by atoms with Crippen molar-refractivity contribution < 1.29 is 9.59 Å². The lowest BCUT2D eigenvalue weighted by atomic mass is 10.0. The molecule has 2 amide bonds. The number of hydrogen-bond donors (Lipinski definition) is 1. The van der Waals surface area contributed by atoms with E-state index >= 15 is 0 Å². The van der Waals surface area contributed by atoms with Crippen LogP contribution in [0.4, 0.5) is 5.69 Å². The van der Waals surface area contributed by atoms with Crippen LogP contribution >= 0.6 is 11.6 Å². The number of rotatable bonds is 4. The topological polar surface area (TPSA) is 52.7 Å². The van der Waals surface area contributed by atoms with Gasteiger partial charge in [-0.25, -0.2) is 0 Å². The number of nitrogens with one attached hydrogen (secondary N) is 1. The molecule has 0 aliphatic carbocycles. The number of anilines is 1. The van der Waals surface area contributed by atoms with Gasteiger partial charge < -0.3 is 15.1 Å². The summed E-state index contributed by atoms with van der Waals surface area (Å²) in [6.45, 7) is 2.57. The second-order valence-corrected chi connectivity index (χ2v) is 7.91. The van der Waals surface area contributed by atoms with Crippen LogP contribution in [0.1, 0.15) is 28.8 Å². The molecule has 2 fully saturated rings. The van der Waals surface area contributed by atoms with E-state index in [9.17, 15) is 9.59 Å². The van der Waals surface area contributed by atoms with Gasteiger partial charge in [0.25, 0.3) is 5.91 Å². The van der Waals surface area contributed by atoms with E-state index in [1.807, 2.05) is 42.5 Å². The predicted molar refractivity (Wildman–Crippen MR) is 111 cm³/mol. The highest BCUT2D eigenvalue weighted by Gasteiger charge is 2.29. The van der Waals surface area contributed by atoms with Crippen molar-refractivity contribution in [3.8, 4) is 0 Å². The number of carbonyl (C=O) groups is 2. The van der Waals surface area contributed by atoms with Crippen LogP contribution in [0.15, 0.2) is 48.5 Å². The van der Waals surface area contributed by atoms with Crippen LogP contribution in [-0.4, -0.2) is 48.9 Å². The van der Waals surface area contributed by atoms with Crippen LogP contribution in [0.5, 0.6) is 0 Å². The molecule has 0 bridgehead atoms. The van der Waals surface area contributed by atoms with Gasteiger partial charge in [-0.05, 0) is 43.0 Å². The van der Waals surface area contributed by atoms with E-state index in [0.717, 1.165) is 24.3 Å². The molecular formula is C22H24ClN3O2. The number of amides is 2. The highest BCUT2D eigenvalue weighted by atomic mass is 35.5. The van der Waals surface area contributed by atoms with Gasteiger partial charge in [0.15, 0.2) is 0 Å². The van der Waals surface area contributed by atoms with Crippen molar-refractivity contribution in [1.29, 1.82) is 0 Å². The zero-order valence-corrected chi connectivity index (χ0v) is 16.5. The number of piperazine rings is 1. The van der Waals surface area contributed by atoms with E-state index in [4.69, 9.17) is 11.6 Å². The molecule has 5 nitrogen and oxygen atoms in total. The summed E-state index contributed by atoms with van der Waals surface area (Å²) in [6.07, 6.45) is 3.04. The first-order valence-electron chi connectivity index (χ1n) is 9.77. The first-order chi connectivity index (χ1) is 13.6. The lowest BCUT2D eigenvalue weighted by Gasteiger charge is -2.33. The first-order valence-corrected chi connectivity index (χ1v) is 10.1. The van der Waals surface area contributed by atoms with Gasteiger partial charge in [-0.1, -0.05) is 41.9 Å². The van der Waals surface area contributed by atoms with Gasteiger partial charge >= 0.3 is 0 Å². The molecule has 4 rings (SSSR count). The minimum absolute atomic E-state index is 0.0790. The molecule has 0 radical (unpaired) electrons. The average molecular weight is 398 g/mol. The molecule has 28 heavy (non-hydrogen) atoms. The second-order valence-electron chi connectivity index (χ2n) is 7.50. The first kappa shape index (κ1) is 18.8. The van der Waals surface area contributed by atoms with Crippen LogP contribution in [-0.2, 0) is 11.2 Å². The summed E-state index contributed by atoms with van der Waals surface area (Å²) in [7, 11) is 0. The fourth-order valence-electron chi connectivity index (χ4n) is 4.03. The Morgan fingerprint density at radius 1 is 1.11 bits per heavy atom. The molecule has 6 heteroatoms. The van der Waals surface area contributed by atoms with E-state index in [1.165, 1.54) is 12.8 Å². The maximum atomic E-state index is 13.0. The second kappa shape index (κ2) is 8.23. The fourth-order valence-corrected chi connectivity index (χ4v) is 4.33. The van der Waals surface area contributed by atoms with Gasteiger partial charge in [0.05, 0.1) is 23.3 Å². The van der Waals surface area contributed by atoms with Gasteiger partial charge in [-0.15, -0.1) is 0 Å². The molecule has 2 aromatic rings. The van der Waals surface area contributed by atoms with E-state index in [1.54, 1.807) is 11.0 Å². The zero-order valence-electron chi connectivity index (χ0n) is 15.7. The molecule has 0 saturated carbocycles. The van der Waals surface area contributed by atoms with Crippen molar-refractivity contribution in [2.45, 2.75) is 25.3 Å². The summed E-state index contributed by atoms with van der Waals surface area (Å²) in [5.41, 5.74) is 2.65. The SMILES string of the molecule is O=C1CN(C(=O)c2ccc(N3CCCC3)c(Cl)c2)C[C@H](Cc2ccccc2)N1. The van der Waals surface area contributed by atoms with Gasteiger partial charge in [0.1, 0.15) is 0 Å². The molecule has 2 heterocycles. The molecule has 0 aromatic heterocycles. The lowest BCUT2D eigenvalue weighted by molar-refractivity contribution is -0.124. The molecule has 0 unspecified atom stereocenters. The third-order valence-corrected chi connectivity index (χ3v) is 5.70. The smallest absolute Gasteiger partial charge is 0.254 e. The van der Waals surface area contributed by atoms with Crippen LogP contribution in [0.2, 0.25) is 5.02 Å². The Labute approximate surface area is 170 Å². The van der Waals surface area contributed by atoms with Crippen molar-refractivity contribution in [1.82, 2.24) is 10.2 Å². The Bertz CT molecular complexity index is 865. The number of nitrogens with zero attached hydrogens (tertiary/aromatic N) is 2. The van der Waals surface area contributed by atoms with Crippen LogP contribution in [0.25, 0.3) is 0 Å². The highest BCUT2D eigenvalue weighted by Crippen LogP contribution is 2.30. The molecular weight excluding hydrogens is 374 g/mol. The number of benzene rings is 2. The van der Waals surface area contributed by atoms with Crippen LogP contribution in [0.3, 0.4) is 0 Å². The highest BCUT2D eigenvalue weighted by molar-refractivity contribution is 6.33. The summed E-state index contributed by atoms with van der Waals surface area (Å²) in [5, 5.41) is 3.59. The third-order valence-electron chi connectivity index (χ3n) is 5.39. The minimum atomic E-state index is -0.150. The Hall–Kier alpha value is -2.53. The summed E-state index contributed by atoms with van der Waals surface area (Å²) in [6, 6.07) is 15.4. The molecule has 2 saturated heterocycles. The minimum Gasteiger partial charge on any atom is -0.370 e. The van der Waals surface area contributed by atoms with E-state index in [-0.39, 0.29) is 24.4 Å². The Kier molecular flexibility index (Phi) is 5.53. The molecule has 1 atom stereocenters. The molecule has 146 valence electrons. The van der Waals surface area contributed by atoms with Crippen LogP contribution in [0, 0.1) is 0 Å². The summed E-state index contributed by atoms with van der Waals surface area (Å²) in [4.78, 5) is 29.0. The molecule has 2 aliphatic rings. The monoisotopic (exact) mass is 397 g/mol. The van der Waals surface area contributed by atoms with Crippen molar-refractivity contribution in [2.24, 2.45) is 0 Å². The quantitative estimate of drug-likeness (QED) is 0.862. The zero-order chi connectivity index (χ0) is 19.5.